The Labute approximate surface area is 296 Å². The molecule has 0 aliphatic carbocycles. The predicted molar refractivity (Wildman–Crippen MR) is 188 cm³/mol. The summed E-state index contributed by atoms with van der Waals surface area (Å²) in [5.41, 5.74) is 1.58. The molecule has 0 bridgehead atoms. The Balaban J connectivity index is 1.75. The van der Waals surface area contributed by atoms with Crippen LogP contribution in [0.25, 0.3) is 10.9 Å². The average Bonchev–Trinajstić information content (AvgIpc) is 3.34. The van der Waals surface area contributed by atoms with E-state index in [0.29, 0.717) is 32.7 Å². The zero-order chi connectivity index (χ0) is 36.8. The highest BCUT2D eigenvalue weighted by molar-refractivity contribution is 8.14. The topological polar surface area (TPSA) is 193 Å². The zero-order valence-electron chi connectivity index (χ0n) is 27.5. The number of rotatable bonds is 16. The summed E-state index contributed by atoms with van der Waals surface area (Å²) in [6.45, 7) is 3.37. The van der Waals surface area contributed by atoms with E-state index in [-0.39, 0.29) is 35.5 Å². The van der Waals surface area contributed by atoms with Crippen LogP contribution in [-0.4, -0.2) is 87.3 Å². The van der Waals surface area contributed by atoms with E-state index >= 15 is 0 Å². The molecular weight excluding hydrogens is 690 g/mol. The molecule has 1 aromatic heterocycles. The lowest BCUT2D eigenvalue weighted by Gasteiger charge is -2.21. The fourth-order valence-corrected chi connectivity index (χ4v) is 5.07. The Morgan fingerprint density at radius 3 is 2.18 bits per heavy atom. The zero-order valence-corrected chi connectivity index (χ0v) is 29.1. The van der Waals surface area contributed by atoms with Crippen LogP contribution in [0.1, 0.15) is 35.5 Å². The van der Waals surface area contributed by atoms with E-state index in [1.165, 1.54) is 23.6 Å². The Bertz CT molecular complexity index is 1840. The number of carboxylic acid groups (broad SMARTS) is 1. The van der Waals surface area contributed by atoms with Gasteiger partial charge in [-0.1, -0.05) is 47.7 Å². The van der Waals surface area contributed by atoms with Crippen molar-refractivity contribution in [1.82, 2.24) is 25.6 Å². The molecule has 2 aromatic carbocycles. The third kappa shape index (κ3) is 11.6. The van der Waals surface area contributed by atoms with Gasteiger partial charge in [-0.3, -0.25) is 38.1 Å². The largest absolute Gasteiger partial charge is 0.481 e. The maximum absolute atomic E-state index is 13.5. The Kier molecular flexibility index (Phi) is 14.8. The lowest BCUT2D eigenvalue weighted by molar-refractivity contribution is -0.155. The van der Waals surface area contributed by atoms with Crippen molar-refractivity contribution < 1.29 is 43.5 Å². The molecule has 4 N–H and O–H groups in total. The highest BCUT2D eigenvalue weighted by Gasteiger charge is 2.23. The van der Waals surface area contributed by atoms with Crippen LogP contribution in [-0.2, 0) is 35.2 Å². The summed E-state index contributed by atoms with van der Waals surface area (Å²) in [6, 6.07) is 11.0. The molecule has 14 nitrogen and oxygen atoms in total. The normalized spacial score (nSPS) is 11.0. The number of aromatic nitrogens is 1. The van der Waals surface area contributed by atoms with Gasteiger partial charge < -0.3 is 25.9 Å². The number of halogens is 1. The molecule has 0 aliphatic rings. The highest BCUT2D eigenvalue weighted by atomic mass is 35.5. The fraction of sp³-hybridized carbons (Fsp3) is 0.265. The minimum Gasteiger partial charge on any atom is -0.481 e. The molecule has 0 atom stereocenters. The van der Waals surface area contributed by atoms with Crippen LogP contribution in [0, 0.1) is 6.92 Å². The van der Waals surface area contributed by atoms with Crippen molar-refractivity contribution in [3.8, 4) is 5.75 Å². The Hall–Kier alpha value is -5.41. The second kappa shape index (κ2) is 19.0. The van der Waals surface area contributed by atoms with Crippen LogP contribution in [0.15, 0.2) is 66.8 Å². The van der Waals surface area contributed by atoms with Crippen molar-refractivity contribution in [3.05, 3.63) is 88.6 Å². The number of aliphatic carboxylic acids is 1. The molecule has 0 radical (unpaired) electrons. The first kappa shape index (κ1) is 39.0. The second-order valence-electron chi connectivity index (χ2n) is 10.6. The van der Waals surface area contributed by atoms with Gasteiger partial charge in [-0.2, -0.15) is 5.06 Å². The van der Waals surface area contributed by atoms with Gasteiger partial charge in [-0.05, 0) is 61.9 Å². The first-order valence-corrected chi connectivity index (χ1v) is 16.5. The number of amides is 4. The molecule has 16 heteroatoms. The molecule has 0 saturated heterocycles. The Morgan fingerprint density at radius 1 is 0.920 bits per heavy atom. The minimum absolute atomic E-state index is 0.0352. The lowest BCUT2D eigenvalue weighted by atomic mass is 10.1. The van der Waals surface area contributed by atoms with Crippen molar-refractivity contribution in [2.24, 2.45) is 0 Å². The van der Waals surface area contributed by atoms with Gasteiger partial charge in [0.1, 0.15) is 0 Å². The number of allylic oxidation sites excluding steroid dienone is 3. The van der Waals surface area contributed by atoms with E-state index in [9.17, 15) is 38.7 Å². The number of thioether (sulfide) groups is 1. The molecule has 50 heavy (non-hydrogen) atoms. The van der Waals surface area contributed by atoms with Crippen molar-refractivity contribution >= 4 is 74.9 Å². The van der Waals surface area contributed by atoms with Gasteiger partial charge in [-0.25, -0.2) is 0 Å². The van der Waals surface area contributed by atoms with Gasteiger partial charge in [0.05, 0.1) is 43.9 Å². The van der Waals surface area contributed by atoms with Gasteiger partial charge in [-0.15, -0.1) is 0 Å². The van der Waals surface area contributed by atoms with Crippen molar-refractivity contribution in [1.29, 1.82) is 0 Å². The first-order chi connectivity index (χ1) is 23.8. The maximum Gasteiger partial charge on any atom is 0.307 e. The van der Waals surface area contributed by atoms with Gasteiger partial charge in [0.2, 0.25) is 17.7 Å². The summed E-state index contributed by atoms with van der Waals surface area (Å²) in [4.78, 5) is 91.4. The van der Waals surface area contributed by atoms with Gasteiger partial charge in [0.25, 0.3) is 11.8 Å². The van der Waals surface area contributed by atoms with E-state index in [0.717, 1.165) is 16.8 Å². The van der Waals surface area contributed by atoms with Crippen LogP contribution in [0.2, 0.25) is 5.02 Å². The number of nitrogens with one attached hydrogen (secondary N) is 3. The van der Waals surface area contributed by atoms with Gasteiger partial charge in [0, 0.05) is 28.6 Å². The van der Waals surface area contributed by atoms with Crippen molar-refractivity contribution in [2.75, 3.05) is 31.9 Å². The number of hydroxylamine groups is 2. The van der Waals surface area contributed by atoms with E-state index in [4.69, 9.17) is 16.4 Å². The molecule has 0 unspecified atom stereocenters. The van der Waals surface area contributed by atoms with Gasteiger partial charge in [0.15, 0.2) is 10.9 Å². The van der Waals surface area contributed by atoms with E-state index < -0.39 is 49.2 Å². The fourth-order valence-electron chi connectivity index (χ4n) is 4.50. The summed E-state index contributed by atoms with van der Waals surface area (Å²) in [5.74, 6) is -3.97. The molecule has 3 aromatic rings. The van der Waals surface area contributed by atoms with Crippen LogP contribution in [0.4, 0.5) is 0 Å². The number of hydrogen-bond donors (Lipinski definition) is 4. The number of benzene rings is 2. The molecule has 0 saturated carbocycles. The number of carboxylic acids is 1. The number of carbonyl (C=O) groups is 7. The van der Waals surface area contributed by atoms with Crippen LogP contribution < -0.4 is 20.8 Å². The summed E-state index contributed by atoms with van der Waals surface area (Å²) in [5, 5.41) is 18.3. The van der Waals surface area contributed by atoms with Crippen molar-refractivity contribution in [2.45, 2.75) is 27.2 Å². The van der Waals surface area contributed by atoms with Crippen molar-refractivity contribution in [3.63, 3.8) is 0 Å². The number of hydrogen-bond acceptors (Lipinski definition) is 9. The quantitative estimate of drug-likeness (QED) is 0.126. The number of nitrogens with zero attached hydrogens (tertiary/aromatic N) is 2. The standard InChI is InChI=1S/C34H36ClN5O9S/c1-4-5-6-7-14-39(32(45)19-38-30(43)17-36-29(42)18-37-31(44)20-50-22(3)41)49-25-12-13-28-27(15-25)26(16-33(46)47)21(2)40(28)34(48)23-8-10-24(35)11-9-23/h4-13,15H,14,16-20H2,1-3H3,(H,36,42)(H,37,44)(H,38,43)(H,46,47)/b5-4+,7-6+. The minimum atomic E-state index is -1.11. The molecule has 0 aliphatic heterocycles. The smallest absolute Gasteiger partial charge is 0.307 e. The average molecular weight is 726 g/mol. The monoisotopic (exact) mass is 725 g/mol. The van der Waals surface area contributed by atoms with E-state index in [1.807, 2.05) is 6.92 Å². The summed E-state index contributed by atoms with van der Waals surface area (Å²) < 4.78 is 1.42. The van der Waals surface area contributed by atoms with E-state index in [2.05, 4.69) is 16.0 Å². The number of carbonyl (C=O) groups excluding carboxylic acids is 6. The summed E-state index contributed by atoms with van der Waals surface area (Å²) in [6.07, 6.45) is 6.48. The Morgan fingerprint density at radius 2 is 1.56 bits per heavy atom. The summed E-state index contributed by atoms with van der Waals surface area (Å²) in [7, 11) is 0. The van der Waals surface area contributed by atoms with Crippen LogP contribution >= 0.6 is 23.4 Å². The summed E-state index contributed by atoms with van der Waals surface area (Å²) >= 11 is 6.78. The van der Waals surface area contributed by atoms with Crippen LogP contribution in [0.5, 0.6) is 5.75 Å². The molecule has 1 heterocycles. The predicted octanol–water partition coefficient (Wildman–Crippen LogP) is 2.80. The van der Waals surface area contributed by atoms with Gasteiger partial charge >= 0.3 is 5.97 Å². The molecule has 0 fully saturated rings. The van der Waals surface area contributed by atoms with Crippen LogP contribution in [0.3, 0.4) is 0 Å². The molecular formula is C34H36ClN5O9S. The highest BCUT2D eigenvalue weighted by Crippen LogP contribution is 2.31. The SMILES string of the molecule is C/C=C/C=C/CN(Oc1ccc2c(c1)c(CC(=O)O)c(C)n2C(=O)c1ccc(Cl)cc1)C(=O)CNC(=O)CNC(=O)CNC(=O)CSC(C)=O. The second-order valence-corrected chi connectivity index (χ2v) is 12.2. The third-order valence-corrected chi connectivity index (χ3v) is 7.93. The maximum atomic E-state index is 13.5. The lowest BCUT2D eigenvalue weighted by Crippen LogP contribution is -2.46. The van der Waals surface area contributed by atoms with E-state index in [1.54, 1.807) is 61.6 Å². The third-order valence-electron chi connectivity index (χ3n) is 6.87. The molecule has 4 amide bonds. The molecule has 0 spiro atoms. The molecule has 3 rings (SSSR count). The molecule has 264 valence electrons. The first-order valence-electron chi connectivity index (χ1n) is 15.2. The number of fused-ring (bicyclic) bond motifs is 1.